The molecule has 0 fully saturated rings. The van der Waals surface area contributed by atoms with E-state index in [-0.39, 0.29) is 5.82 Å². The Bertz CT molecular complexity index is 807. The molecule has 0 aliphatic carbocycles. The van der Waals surface area contributed by atoms with E-state index in [0.717, 1.165) is 15.8 Å². The molecule has 0 radical (unpaired) electrons. The summed E-state index contributed by atoms with van der Waals surface area (Å²) in [6.45, 7) is 0. The average Bonchev–Trinajstić information content (AvgIpc) is 2.49. The molecule has 0 saturated carbocycles. The van der Waals surface area contributed by atoms with Gasteiger partial charge in [-0.05, 0) is 36.4 Å². The van der Waals surface area contributed by atoms with E-state index in [0.29, 0.717) is 10.6 Å². The molecule has 1 heterocycles. The highest BCUT2D eigenvalue weighted by Gasteiger charge is 2.08. The SMILES string of the molecule is N#Cc1cc2ccccc2nc1Sc1ccc(F)cc1. The first-order valence-corrected chi connectivity index (χ1v) is 6.81. The van der Waals surface area contributed by atoms with Crippen LogP contribution < -0.4 is 0 Å². The molecule has 0 aliphatic rings. The fourth-order valence-electron chi connectivity index (χ4n) is 1.87. The number of aromatic nitrogens is 1. The summed E-state index contributed by atoms with van der Waals surface area (Å²) >= 11 is 1.36. The van der Waals surface area contributed by atoms with Gasteiger partial charge >= 0.3 is 0 Å². The third kappa shape index (κ3) is 2.49. The third-order valence-electron chi connectivity index (χ3n) is 2.84. The van der Waals surface area contributed by atoms with E-state index in [2.05, 4.69) is 11.1 Å². The Labute approximate surface area is 119 Å². The van der Waals surface area contributed by atoms with Crippen LogP contribution in [0.1, 0.15) is 5.56 Å². The van der Waals surface area contributed by atoms with Crippen molar-refractivity contribution in [2.75, 3.05) is 0 Å². The first kappa shape index (κ1) is 12.6. The monoisotopic (exact) mass is 280 g/mol. The van der Waals surface area contributed by atoms with Crippen molar-refractivity contribution in [2.24, 2.45) is 0 Å². The minimum absolute atomic E-state index is 0.277. The topological polar surface area (TPSA) is 36.7 Å². The molecule has 0 atom stereocenters. The molecule has 0 aliphatic heterocycles. The lowest BCUT2D eigenvalue weighted by Crippen LogP contribution is -1.89. The normalized spacial score (nSPS) is 10.4. The average molecular weight is 280 g/mol. The van der Waals surface area contributed by atoms with Crippen LogP contribution in [0.4, 0.5) is 4.39 Å². The molecule has 0 bridgehead atoms. The van der Waals surface area contributed by atoms with Gasteiger partial charge in [-0.2, -0.15) is 5.26 Å². The molecule has 1 aromatic heterocycles. The predicted octanol–water partition coefficient (Wildman–Crippen LogP) is 4.40. The van der Waals surface area contributed by atoms with Crippen molar-refractivity contribution in [3.05, 3.63) is 66.0 Å². The minimum Gasteiger partial charge on any atom is -0.240 e. The lowest BCUT2D eigenvalue weighted by molar-refractivity contribution is 0.626. The summed E-state index contributed by atoms with van der Waals surface area (Å²) in [7, 11) is 0. The molecule has 0 unspecified atom stereocenters. The number of para-hydroxylation sites is 1. The van der Waals surface area contributed by atoms with Crippen LogP contribution in [0, 0.1) is 17.1 Å². The Hall–Kier alpha value is -2.38. The van der Waals surface area contributed by atoms with Crippen molar-refractivity contribution in [1.82, 2.24) is 4.98 Å². The molecule has 2 nitrogen and oxygen atoms in total. The number of nitriles is 1. The van der Waals surface area contributed by atoms with Crippen LogP contribution in [0.15, 0.2) is 64.5 Å². The fourth-order valence-corrected chi connectivity index (χ4v) is 2.72. The van der Waals surface area contributed by atoms with E-state index in [1.54, 1.807) is 12.1 Å². The summed E-state index contributed by atoms with van der Waals surface area (Å²) in [6, 6.07) is 17.8. The van der Waals surface area contributed by atoms with Gasteiger partial charge in [0.1, 0.15) is 16.9 Å². The Balaban J connectivity index is 2.06. The van der Waals surface area contributed by atoms with Gasteiger partial charge in [-0.3, -0.25) is 0 Å². The van der Waals surface area contributed by atoms with Gasteiger partial charge in [-0.1, -0.05) is 30.0 Å². The van der Waals surface area contributed by atoms with E-state index in [9.17, 15) is 9.65 Å². The van der Waals surface area contributed by atoms with Crippen molar-refractivity contribution in [1.29, 1.82) is 5.26 Å². The van der Waals surface area contributed by atoms with Gasteiger partial charge < -0.3 is 0 Å². The number of fused-ring (bicyclic) bond motifs is 1. The highest BCUT2D eigenvalue weighted by molar-refractivity contribution is 7.99. The van der Waals surface area contributed by atoms with Crippen molar-refractivity contribution >= 4 is 22.7 Å². The van der Waals surface area contributed by atoms with Crippen LogP contribution in [-0.2, 0) is 0 Å². The highest BCUT2D eigenvalue weighted by Crippen LogP contribution is 2.30. The first-order valence-electron chi connectivity index (χ1n) is 5.99. The second kappa shape index (κ2) is 5.32. The van der Waals surface area contributed by atoms with Gasteiger partial charge in [-0.15, -0.1) is 0 Å². The molecule has 3 rings (SSSR count). The van der Waals surface area contributed by atoms with Crippen molar-refractivity contribution < 1.29 is 4.39 Å². The van der Waals surface area contributed by atoms with Crippen molar-refractivity contribution in [3.63, 3.8) is 0 Å². The van der Waals surface area contributed by atoms with Crippen LogP contribution in [-0.4, -0.2) is 4.98 Å². The van der Waals surface area contributed by atoms with Crippen LogP contribution in [0.25, 0.3) is 10.9 Å². The van der Waals surface area contributed by atoms with E-state index < -0.39 is 0 Å². The smallest absolute Gasteiger partial charge is 0.123 e. The highest BCUT2D eigenvalue weighted by atomic mass is 32.2. The summed E-state index contributed by atoms with van der Waals surface area (Å²) in [5.41, 5.74) is 1.37. The molecule has 3 aromatic rings. The van der Waals surface area contributed by atoms with Crippen LogP contribution in [0.2, 0.25) is 0 Å². The van der Waals surface area contributed by atoms with Gasteiger partial charge in [-0.25, -0.2) is 9.37 Å². The van der Waals surface area contributed by atoms with Crippen molar-refractivity contribution in [2.45, 2.75) is 9.92 Å². The lowest BCUT2D eigenvalue weighted by atomic mass is 10.2. The van der Waals surface area contributed by atoms with E-state index in [4.69, 9.17) is 0 Å². The number of nitrogens with zero attached hydrogens (tertiary/aromatic N) is 2. The van der Waals surface area contributed by atoms with E-state index >= 15 is 0 Å². The molecule has 0 spiro atoms. The Morgan fingerprint density at radius 3 is 2.55 bits per heavy atom. The number of halogens is 1. The number of rotatable bonds is 2. The number of hydrogen-bond acceptors (Lipinski definition) is 3. The molecule has 0 amide bonds. The van der Waals surface area contributed by atoms with Gasteiger partial charge in [0.2, 0.25) is 0 Å². The quantitative estimate of drug-likeness (QED) is 0.698. The zero-order chi connectivity index (χ0) is 13.9. The largest absolute Gasteiger partial charge is 0.240 e. The molecule has 2 aromatic carbocycles. The molecule has 4 heteroatoms. The second-order valence-corrected chi connectivity index (χ2v) is 5.26. The molecular formula is C16H9FN2S. The summed E-state index contributed by atoms with van der Waals surface area (Å²) in [5, 5.41) is 10.8. The van der Waals surface area contributed by atoms with Gasteiger partial charge in [0.05, 0.1) is 11.1 Å². The van der Waals surface area contributed by atoms with Gasteiger partial charge in [0, 0.05) is 10.3 Å². The van der Waals surface area contributed by atoms with Gasteiger partial charge in [0.15, 0.2) is 0 Å². The standard InChI is InChI=1S/C16H9FN2S/c17-13-5-7-14(8-6-13)20-16-12(10-18)9-11-3-1-2-4-15(11)19-16/h1-9H. The van der Waals surface area contributed by atoms with E-state index in [1.807, 2.05) is 30.3 Å². The second-order valence-electron chi connectivity index (χ2n) is 4.20. The van der Waals surface area contributed by atoms with Crippen LogP contribution in [0.5, 0.6) is 0 Å². The lowest BCUT2D eigenvalue weighted by Gasteiger charge is -2.05. The van der Waals surface area contributed by atoms with E-state index in [1.165, 1.54) is 23.9 Å². The molecule has 20 heavy (non-hydrogen) atoms. The summed E-state index contributed by atoms with van der Waals surface area (Å²) in [4.78, 5) is 5.36. The Kier molecular flexibility index (Phi) is 3.36. The van der Waals surface area contributed by atoms with Crippen LogP contribution in [0.3, 0.4) is 0 Å². The Morgan fingerprint density at radius 1 is 1.05 bits per heavy atom. The maximum absolute atomic E-state index is 12.9. The third-order valence-corrected chi connectivity index (χ3v) is 3.85. The summed E-state index contributed by atoms with van der Waals surface area (Å²) < 4.78 is 12.9. The molecular weight excluding hydrogens is 271 g/mol. The number of hydrogen-bond donors (Lipinski definition) is 0. The summed E-state index contributed by atoms with van der Waals surface area (Å²) in [5.74, 6) is -0.277. The molecule has 96 valence electrons. The molecule has 0 N–H and O–H groups in total. The van der Waals surface area contributed by atoms with Gasteiger partial charge in [0.25, 0.3) is 0 Å². The number of pyridine rings is 1. The first-order chi connectivity index (χ1) is 9.76. The predicted molar refractivity (Wildman–Crippen MR) is 77.0 cm³/mol. The zero-order valence-electron chi connectivity index (χ0n) is 10.4. The zero-order valence-corrected chi connectivity index (χ0v) is 11.2. The number of benzene rings is 2. The molecule has 0 saturated heterocycles. The minimum atomic E-state index is -0.277. The van der Waals surface area contributed by atoms with Crippen LogP contribution >= 0.6 is 11.8 Å². The maximum atomic E-state index is 12.9. The fraction of sp³-hybridized carbons (Fsp3) is 0. The Morgan fingerprint density at radius 2 is 1.80 bits per heavy atom. The maximum Gasteiger partial charge on any atom is 0.123 e. The summed E-state index contributed by atoms with van der Waals surface area (Å²) in [6.07, 6.45) is 0. The van der Waals surface area contributed by atoms with Crippen molar-refractivity contribution in [3.8, 4) is 6.07 Å².